The zero-order valence-corrected chi connectivity index (χ0v) is 35.1. The van der Waals surface area contributed by atoms with Crippen LogP contribution < -0.4 is 0 Å². The summed E-state index contributed by atoms with van der Waals surface area (Å²) in [5.41, 5.74) is 0. The first kappa shape index (κ1) is 52.1. The number of hydrogen-bond acceptors (Lipinski definition) is 11. The van der Waals surface area contributed by atoms with Gasteiger partial charge < -0.3 is 39.9 Å². The van der Waals surface area contributed by atoms with Crippen molar-refractivity contribution in [1.82, 2.24) is 0 Å². The van der Waals surface area contributed by atoms with E-state index in [4.69, 9.17) is 18.5 Å². The van der Waals surface area contributed by atoms with Gasteiger partial charge in [0.25, 0.3) is 0 Å². The molecule has 0 bridgehead atoms. The Bertz CT molecular complexity index is 1160. The first-order valence-corrected chi connectivity index (χ1v) is 22.6. The average Bonchev–Trinajstić information content (AvgIpc) is 3.18. The van der Waals surface area contributed by atoms with E-state index >= 15 is 0 Å². The smallest absolute Gasteiger partial charge is 0.457 e. The van der Waals surface area contributed by atoms with Crippen LogP contribution in [0.2, 0.25) is 0 Å². The number of hydrogen-bond donors (Lipinski definition) is 6. The fourth-order valence-electron chi connectivity index (χ4n) is 6.00. The molecule has 6 unspecified atom stereocenters. The second kappa shape index (κ2) is 34.0. The van der Waals surface area contributed by atoms with Crippen LogP contribution in [-0.4, -0.2) is 98.9 Å². The molecule has 1 rings (SSSR count). The van der Waals surface area contributed by atoms with Gasteiger partial charge in [-0.15, -0.1) is 0 Å². The molecule has 6 atom stereocenters. The third-order valence-corrected chi connectivity index (χ3v) is 10.4. The van der Waals surface area contributed by atoms with Crippen molar-refractivity contribution >= 4 is 13.8 Å². The van der Waals surface area contributed by atoms with Crippen molar-refractivity contribution in [3.63, 3.8) is 0 Å². The minimum Gasteiger partial charge on any atom is -0.457 e. The molecule has 12 nitrogen and oxygen atoms in total. The highest BCUT2D eigenvalue weighted by atomic mass is 31.2. The standard InChI is InChI=1S/C43H75O12P/c1-3-5-7-9-11-13-15-17-19-20-22-24-26-28-30-32-37(44)54-36(34-52-33-31-29-27-25-23-21-18-16-14-12-10-8-6-4-2)35-53-56(50,51)55-43-41(48)39(46)38(45)40(47)42(43)49/h6,8,12,14,17-19,21,25,27,36,38-43,45-49H,3-5,7,9-11,13,15-16,20,22-24,26,28-35H2,1-2H3,(H,50,51)/b8-6-,14-12-,19-17-,21-18-,27-25-. The first-order chi connectivity index (χ1) is 27.0. The van der Waals surface area contributed by atoms with E-state index in [1.165, 1.54) is 38.5 Å². The van der Waals surface area contributed by atoms with E-state index < -0.39 is 63.1 Å². The van der Waals surface area contributed by atoms with Gasteiger partial charge in [0, 0.05) is 13.0 Å². The Morgan fingerprint density at radius 3 is 1.62 bits per heavy atom. The summed E-state index contributed by atoms with van der Waals surface area (Å²) in [6.07, 6.45) is 28.8. The maximum atomic E-state index is 12.8. The number of carbonyl (C=O) groups is 1. The number of unbranched alkanes of at least 4 members (excludes halogenated alkanes) is 12. The van der Waals surface area contributed by atoms with Crippen molar-refractivity contribution in [2.75, 3.05) is 19.8 Å². The third kappa shape index (κ3) is 26.1. The number of aliphatic hydroxyl groups is 5. The van der Waals surface area contributed by atoms with Gasteiger partial charge in [-0.3, -0.25) is 13.8 Å². The number of phosphoric acid groups is 1. The molecule has 0 aromatic rings. The Labute approximate surface area is 337 Å². The van der Waals surface area contributed by atoms with Crippen LogP contribution in [0.5, 0.6) is 0 Å². The molecular weight excluding hydrogens is 739 g/mol. The SMILES string of the molecule is CC/C=C\C/C=C\C/C=C\C/C=C\CCCOCC(COP(=O)(O)OC1C(O)C(O)C(O)C(O)C1O)OC(=O)CCCCCCC/C=C\CCCCCCCC. The van der Waals surface area contributed by atoms with E-state index in [1.807, 2.05) is 0 Å². The summed E-state index contributed by atoms with van der Waals surface area (Å²) in [7, 11) is -5.03. The Kier molecular flexibility index (Phi) is 31.6. The fourth-order valence-corrected chi connectivity index (χ4v) is 6.97. The summed E-state index contributed by atoms with van der Waals surface area (Å²) in [6.45, 7) is 3.96. The van der Waals surface area contributed by atoms with Crippen LogP contribution in [0.1, 0.15) is 142 Å². The molecule has 0 heterocycles. The van der Waals surface area contributed by atoms with E-state index in [0.29, 0.717) is 19.4 Å². The van der Waals surface area contributed by atoms with Gasteiger partial charge in [-0.2, -0.15) is 0 Å². The lowest BCUT2D eigenvalue weighted by molar-refractivity contribution is -0.220. The highest BCUT2D eigenvalue weighted by molar-refractivity contribution is 7.47. The lowest BCUT2D eigenvalue weighted by Crippen LogP contribution is -2.64. The van der Waals surface area contributed by atoms with E-state index in [0.717, 1.165) is 70.6 Å². The zero-order chi connectivity index (χ0) is 41.3. The van der Waals surface area contributed by atoms with Crippen molar-refractivity contribution in [3.05, 3.63) is 60.8 Å². The monoisotopic (exact) mass is 814 g/mol. The normalized spacial score (nSPS) is 23.6. The molecule has 6 N–H and O–H groups in total. The number of carbonyl (C=O) groups excluding carboxylic acids is 1. The minimum absolute atomic E-state index is 0.120. The summed E-state index contributed by atoms with van der Waals surface area (Å²) in [5, 5.41) is 50.0. The highest BCUT2D eigenvalue weighted by Crippen LogP contribution is 2.47. The van der Waals surface area contributed by atoms with E-state index in [9.17, 15) is 39.8 Å². The molecule has 0 aromatic carbocycles. The Hall–Kier alpha value is -1.96. The van der Waals surface area contributed by atoms with Gasteiger partial charge in [-0.1, -0.05) is 126 Å². The predicted octanol–water partition coefficient (Wildman–Crippen LogP) is 7.86. The van der Waals surface area contributed by atoms with Crippen LogP contribution in [0.4, 0.5) is 0 Å². The summed E-state index contributed by atoms with van der Waals surface area (Å²) < 4.78 is 34.0. The summed E-state index contributed by atoms with van der Waals surface area (Å²) in [4.78, 5) is 23.1. The second-order valence-corrected chi connectivity index (χ2v) is 15.9. The van der Waals surface area contributed by atoms with Crippen LogP contribution in [-0.2, 0) is 27.9 Å². The summed E-state index contributed by atoms with van der Waals surface area (Å²) in [6, 6.07) is 0. The van der Waals surface area contributed by atoms with Gasteiger partial charge in [-0.05, 0) is 70.6 Å². The summed E-state index contributed by atoms with van der Waals surface area (Å²) in [5.74, 6) is -0.508. The zero-order valence-electron chi connectivity index (χ0n) is 34.2. The maximum Gasteiger partial charge on any atom is 0.472 e. The Morgan fingerprint density at radius 1 is 0.589 bits per heavy atom. The maximum absolute atomic E-state index is 12.8. The van der Waals surface area contributed by atoms with Gasteiger partial charge >= 0.3 is 13.8 Å². The van der Waals surface area contributed by atoms with Gasteiger partial charge in [0.05, 0.1) is 13.2 Å². The first-order valence-electron chi connectivity index (χ1n) is 21.1. The number of phosphoric ester groups is 1. The van der Waals surface area contributed by atoms with Crippen LogP contribution in [0, 0.1) is 0 Å². The van der Waals surface area contributed by atoms with Gasteiger partial charge in [0.2, 0.25) is 0 Å². The summed E-state index contributed by atoms with van der Waals surface area (Å²) >= 11 is 0. The molecule has 1 saturated carbocycles. The molecule has 0 saturated heterocycles. The van der Waals surface area contributed by atoms with Crippen LogP contribution >= 0.6 is 7.82 Å². The Balaban J connectivity index is 2.49. The van der Waals surface area contributed by atoms with Gasteiger partial charge in [0.15, 0.2) is 0 Å². The van der Waals surface area contributed by atoms with Crippen molar-refractivity contribution in [1.29, 1.82) is 0 Å². The van der Waals surface area contributed by atoms with E-state index in [1.54, 1.807) is 0 Å². The van der Waals surface area contributed by atoms with E-state index in [-0.39, 0.29) is 13.0 Å². The molecule has 0 spiro atoms. The molecule has 1 aliphatic carbocycles. The number of aliphatic hydroxyl groups excluding tert-OH is 5. The lowest BCUT2D eigenvalue weighted by Gasteiger charge is -2.41. The van der Waals surface area contributed by atoms with Gasteiger partial charge in [0.1, 0.15) is 42.7 Å². The highest BCUT2D eigenvalue weighted by Gasteiger charge is 2.51. The van der Waals surface area contributed by atoms with E-state index in [2.05, 4.69) is 74.6 Å². The van der Waals surface area contributed by atoms with Crippen LogP contribution in [0.3, 0.4) is 0 Å². The molecule has 1 fully saturated rings. The minimum atomic E-state index is -5.03. The number of esters is 1. The number of ether oxygens (including phenoxy) is 2. The molecule has 0 aliphatic heterocycles. The fraction of sp³-hybridized carbons (Fsp3) is 0.744. The molecule has 56 heavy (non-hydrogen) atoms. The molecule has 0 aromatic heterocycles. The largest absolute Gasteiger partial charge is 0.472 e. The molecule has 0 radical (unpaired) electrons. The van der Waals surface area contributed by atoms with Crippen molar-refractivity contribution in [2.45, 2.75) is 185 Å². The number of allylic oxidation sites excluding steroid dienone is 10. The molecular formula is C43H75O12P. The molecule has 0 amide bonds. The topological polar surface area (TPSA) is 192 Å². The second-order valence-electron chi connectivity index (χ2n) is 14.5. The van der Waals surface area contributed by atoms with Crippen molar-refractivity contribution < 1.29 is 58.3 Å². The average molecular weight is 815 g/mol. The molecule has 324 valence electrons. The van der Waals surface area contributed by atoms with Crippen molar-refractivity contribution in [2.24, 2.45) is 0 Å². The van der Waals surface area contributed by atoms with Crippen molar-refractivity contribution in [3.8, 4) is 0 Å². The lowest BCUT2D eigenvalue weighted by atomic mass is 9.85. The van der Waals surface area contributed by atoms with Crippen LogP contribution in [0.15, 0.2) is 60.8 Å². The number of rotatable bonds is 34. The van der Waals surface area contributed by atoms with Crippen LogP contribution in [0.25, 0.3) is 0 Å². The molecule has 13 heteroatoms. The Morgan fingerprint density at radius 2 is 1.05 bits per heavy atom. The predicted molar refractivity (Wildman–Crippen MR) is 221 cm³/mol. The quantitative estimate of drug-likeness (QED) is 0.0160. The van der Waals surface area contributed by atoms with Gasteiger partial charge in [-0.25, -0.2) is 4.57 Å². The third-order valence-electron chi connectivity index (χ3n) is 9.37. The molecule has 1 aliphatic rings.